The Balaban J connectivity index is 1.61. The summed E-state index contributed by atoms with van der Waals surface area (Å²) in [5.74, 6) is 1.37. The lowest BCUT2D eigenvalue weighted by molar-refractivity contribution is -0.115. The van der Waals surface area contributed by atoms with Gasteiger partial charge in [-0.1, -0.05) is 13.0 Å². The maximum Gasteiger partial charge on any atom is 0.230 e. The smallest absolute Gasteiger partial charge is 0.230 e. The van der Waals surface area contributed by atoms with E-state index in [0.29, 0.717) is 18.3 Å². The number of carbonyl (C=O) groups excluding carboxylic acids is 1. The van der Waals surface area contributed by atoms with Gasteiger partial charge in [-0.15, -0.1) is 21.5 Å². The van der Waals surface area contributed by atoms with Crippen molar-refractivity contribution in [2.45, 2.75) is 45.1 Å². The van der Waals surface area contributed by atoms with E-state index in [1.165, 1.54) is 19.3 Å². The van der Waals surface area contributed by atoms with Crippen molar-refractivity contribution < 1.29 is 4.79 Å². The quantitative estimate of drug-likeness (QED) is 0.912. The first-order valence-electron chi connectivity index (χ1n) is 8.19. The van der Waals surface area contributed by atoms with Crippen LogP contribution in [0.2, 0.25) is 0 Å². The van der Waals surface area contributed by atoms with Crippen molar-refractivity contribution in [2.75, 3.05) is 16.8 Å². The maximum atomic E-state index is 12.0. The minimum atomic E-state index is -0.0566. The fourth-order valence-corrected chi connectivity index (χ4v) is 3.73. The molecule has 1 aliphatic rings. The van der Waals surface area contributed by atoms with Crippen LogP contribution in [0.1, 0.15) is 37.5 Å². The van der Waals surface area contributed by atoms with Gasteiger partial charge in [0.15, 0.2) is 11.6 Å². The molecule has 0 radical (unpaired) electrons. The lowest BCUT2D eigenvalue weighted by Gasteiger charge is -2.35. The highest BCUT2D eigenvalue weighted by molar-refractivity contribution is 7.10. The Kier molecular flexibility index (Phi) is 5.23. The van der Waals surface area contributed by atoms with Crippen molar-refractivity contribution in [1.82, 2.24) is 10.2 Å². The second-order valence-corrected chi connectivity index (χ2v) is 6.86. The molecule has 23 heavy (non-hydrogen) atoms. The Morgan fingerprint density at radius 1 is 1.35 bits per heavy atom. The molecule has 0 bridgehead atoms. The normalized spacial score (nSPS) is 18.0. The lowest BCUT2D eigenvalue weighted by Crippen LogP contribution is -2.39. The first-order chi connectivity index (χ1) is 11.3. The Bertz CT molecular complexity index is 627. The summed E-state index contributed by atoms with van der Waals surface area (Å²) in [6, 6.07) is 8.26. The summed E-state index contributed by atoms with van der Waals surface area (Å²) in [6.07, 6.45) is 5.22. The SMILES string of the molecule is CCC1CCCCN1c1ccc(NC(=O)Cc2cccs2)nn1. The van der Waals surface area contributed by atoms with E-state index in [4.69, 9.17) is 0 Å². The summed E-state index contributed by atoms with van der Waals surface area (Å²) in [7, 11) is 0. The third-order valence-electron chi connectivity index (χ3n) is 4.23. The summed E-state index contributed by atoms with van der Waals surface area (Å²) in [4.78, 5) is 15.4. The molecule has 3 heterocycles. The molecule has 0 spiro atoms. The largest absolute Gasteiger partial charge is 0.352 e. The molecular formula is C17H22N4OS. The van der Waals surface area contributed by atoms with Gasteiger partial charge in [0, 0.05) is 17.5 Å². The van der Waals surface area contributed by atoms with Gasteiger partial charge in [0.05, 0.1) is 6.42 Å². The number of hydrogen-bond donors (Lipinski definition) is 1. The highest BCUT2D eigenvalue weighted by Gasteiger charge is 2.22. The molecule has 1 amide bonds. The van der Waals surface area contributed by atoms with Crippen molar-refractivity contribution in [2.24, 2.45) is 0 Å². The van der Waals surface area contributed by atoms with Crippen molar-refractivity contribution in [3.63, 3.8) is 0 Å². The van der Waals surface area contributed by atoms with E-state index < -0.39 is 0 Å². The van der Waals surface area contributed by atoms with Crippen LogP contribution in [0.15, 0.2) is 29.6 Å². The fraction of sp³-hybridized carbons (Fsp3) is 0.471. The van der Waals surface area contributed by atoms with Gasteiger partial charge in [-0.3, -0.25) is 4.79 Å². The zero-order valence-electron chi connectivity index (χ0n) is 13.4. The molecule has 2 aromatic rings. The minimum Gasteiger partial charge on any atom is -0.352 e. The predicted molar refractivity (Wildman–Crippen MR) is 94.0 cm³/mol. The van der Waals surface area contributed by atoms with E-state index >= 15 is 0 Å². The van der Waals surface area contributed by atoms with Gasteiger partial charge in [-0.25, -0.2) is 0 Å². The zero-order valence-corrected chi connectivity index (χ0v) is 14.2. The monoisotopic (exact) mass is 330 g/mol. The summed E-state index contributed by atoms with van der Waals surface area (Å²) < 4.78 is 0. The van der Waals surface area contributed by atoms with Crippen LogP contribution in [0.5, 0.6) is 0 Å². The molecule has 6 heteroatoms. The third-order valence-corrected chi connectivity index (χ3v) is 5.10. The lowest BCUT2D eigenvalue weighted by atomic mass is 10.0. The van der Waals surface area contributed by atoms with Gasteiger partial charge in [-0.2, -0.15) is 0 Å². The molecule has 1 atom stereocenters. The van der Waals surface area contributed by atoms with E-state index in [-0.39, 0.29) is 5.91 Å². The topological polar surface area (TPSA) is 58.1 Å². The van der Waals surface area contributed by atoms with Gasteiger partial charge < -0.3 is 10.2 Å². The van der Waals surface area contributed by atoms with Crippen LogP contribution < -0.4 is 10.2 Å². The molecular weight excluding hydrogens is 308 g/mol. The number of rotatable bonds is 5. The summed E-state index contributed by atoms with van der Waals surface area (Å²) in [6.45, 7) is 3.26. The maximum absolute atomic E-state index is 12.0. The van der Waals surface area contributed by atoms with Gasteiger partial charge in [0.2, 0.25) is 5.91 Å². The molecule has 1 N–H and O–H groups in total. The van der Waals surface area contributed by atoms with Gasteiger partial charge in [0.25, 0.3) is 0 Å². The van der Waals surface area contributed by atoms with Crippen LogP contribution in [0, 0.1) is 0 Å². The Morgan fingerprint density at radius 2 is 2.26 bits per heavy atom. The average molecular weight is 330 g/mol. The number of aromatic nitrogens is 2. The standard InChI is InChI=1S/C17H22N4OS/c1-2-13-6-3-4-10-21(13)16-9-8-15(19-20-16)18-17(22)12-14-7-5-11-23-14/h5,7-9,11,13H,2-4,6,10,12H2,1H3,(H,18,19,22). The highest BCUT2D eigenvalue weighted by Crippen LogP contribution is 2.24. The van der Waals surface area contributed by atoms with Crippen LogP contribution in [0.25, 0.3) is 0 Å². The number of anilines is 2. The molecule has 0 aliphatic carbocycles. The molecule has 1 fully saturated rings. The summed E-state index contributed by atoms with van der Waals surface area (Å²) in [5.41, 5.74) is 0. The number of piperidine rings is 1. The molecule has 0 aromatic carbocycles. The predicted octanol–water partition coefficient (Wildman–Crippen LogP) is 3.49. The van der Waals surface area contributed by atoms with Crippen LogP contribution in [0.3, 0.4) is 0 Å². The van der Waals surface area contributed by atoms with E-state index in [9.17, 15) is 4.79 Å². The van der Waals surface area contributed by atoms with Gasteiger partial charge in [-0.05, 0) is 49.3 Å². The first kappa shape index (κ1) is 15.9. The number of amides is 1. The molecule has 2 aromatic heterocycles. The van der Waals surface area contributed by atoms with E-state index in [2.05, 4.69) is 27.3 Å². The van der Waals surface area contributed by atoms with Crippen molar-refractivity contribution >= 4 is 28.9 Å². The number of thiophene rings is 1. The van der Waals surface area contributed by atoms with Crippen molar-refractivity contribution in [3.8, 4) is 0 Å². The van der Waals surface area contributed by atoms with Crippen LogP contribution in [-0.2, 0) is 11.2 Å². The Labute approximate surface area is 140 Å². The molecule has 5 nitrogen and oxygen atoms in total. The van der Waals surface area contributed by atoms with Crippen LogP contribution in [-0.4, -0.2) is 28.7 Å². The summed E-state index contributed by atoms with van der Waals surface area (Å²) >= 11 is 1.58. The van der Waals surface area contributed by atoms with E-state index in [1.54, 1.807) is 11.3 Å². The van der Waals surface area contributed by atoms with Crippen molar-refractivity contribution in [1.29, 1.82) is 0 Å². The molecule has 0 saturated carbocycles. The minimum absolute atomic E-state index is 0.0566. The van der Waals surface area contributed by atoms with Gasteiger partial charge in [0.1, 0.15) is 0 Å². The highest BCUT2D eigenvalue weighted by atomic mass is 32.1. The molecule has 1 saturated heterocycles. The van der Waals surface area contributed by atoms with Gasteiger partial charge >= 0.3 is 0 Å². The molecule has 1 aliphatic heterocycles. The molecule has 1 unspecified atom stereocenters. The zero-order chi connectivity index (χ0) is 16.1. The second kappa shape index (κ2) is 7.55. The van der Waals surface area contributed by atoms with E-state index in [0.717, 1.165) is 23.7 Å². The molecule has 122 valence electrons. The number of nitrogens with zero attached hydrogens (tertiary/aromatic N) is 3. The number of hydrogen-bond acceptors (Lipinski definition) is 5. The third kappa shape index (κ3) is 4.07. The second-order valence-electron chi connectivity index (χ2n) is 5.83. The van der Waals surface area contributed by atoms with Crippen LogP contribution >= 0.6 is 11.3 Å². The number of carbonyl (C=O) groups is 1. The van der Waals surface area contributed by atoms with E-state index in [1.807, 2.05) is 29.6 Å². The first-order valence-corrected chi connectivity index (χ1v) is 9.07. The van der Waals surface area contributed by atoms with Crippen LogP contribution in [0.4, 0.5) is 11.6 Å². The summed E-state index contributed by atoms with van der Waals surface area (Å²) in [5, 5.41) is 13.3. The Hall–Kier alpha value is -1.95. The Morgan fingerprint density at radius 3 is 2.96 bits per heavy atom. The average Bonchev–Trinajstić information content (AvgIpc) is 3.08. The fourth-order valence-electron chi connectivity index (χ4n) is 3.03. The number of nitrogens with one attached hydrogen (secondary N) is 1. The van der Waals surface area contributed by atoms with Crippen molar-refractivity contribution in [3.05, 3.63) is 34.5 Å². The molecule has 3 rings (SSSR count).